The van der Waals surface area contributed by atoms with E-state index in [1.165, 1.54) is 12.1 Å². The standard InChI is InChI=1S/C18H20N2O5/c1-4-17(25-14-10-8-13(24-3)9-11-14)18(21)19-15-6-5-7-16(12(15)2)20(22)23/h5-11,17H,4H2,1-3H3,(H,19,21)/t17-/m0/s1. The second-order valence-electron chi connectivity index (χ2n) is 5.39. The molecule has 132 valence electrons. The van der Waals surface area contributed by atoms with E-state index >= 15 is 0 Å². The SMILES string of the molecule is CC[C@H](Oc1ccc(OC)cc1)C(=O)Nc1cccc([N+](=O)[O-])c1C. The van der Waals surface area contributed by atoms with E-state index in [1.807, 2.05) is 6.92 Å². The summed E-state index contributed by atoms with van der Waals surface area (Å²) in [7, 11) is 1.57. The van der Waals surface area contributed by atoms with E-state index in [4.69, 9.17) is 9.47 Å². The Morgan fingerprint density at radius 2 is 1.84 bits per heavy atom. The number of nitro benzene ring substituents is 1. The highest BCUT2D eigenvalue weighted by Gasteiger charge is 2.21. The molecular weight excluding hydrogens is 324 g/mol. The Hall–Kier alpha value is -3.09. The zero-order valence-corrected chi connectivity index (χ0v) is 14.3. The minimum absolute atomic E-state index is 0.0399. The van der Waals surface area contributed by atoms with Gasteiger partial charge in [0.25, 0.3) is 11.6 Å². The smallest absolute Gasteiger partial charge is 0.274 e. The average Bonchev–Trinajstić information content (AvgIpc) is 2.61. The molecule has 7 nitrogen and oxygen atoms in total. The Morgan fingerprint density at radius 1 is 1.20 bits per heavy atom. The number of carbonyl (C=O) groups is 1. The van der Waals surface area contributed by atoms with Crippen LogP contribution in [0.25, 0.3) is 0 Å². The lowest BCUT2D eigenvalue weighted by molar-refractivity contribution is -0.385. The number of nitrogens with one attached hydrogen (secondary N) is 1. The number of nitro groups is 1. The van der Waals surface area contributed by atoms with Crippen LogP contribution in [0.4, 0.5) is 11.4 Å². The van der Waals surface area contributed by atoms with Crippen LogP contribution in [0.2, 0.25) is 0 Å². The Kier molecular flexibility index (Phi) is 5.94. The molecule has 0 aromatic heterocycles. The molecule has 0 saturated carbocycles. The Morgan fingerprint density at radius 3 is 2.40 bits per heavy atom. The third-order valence-electron chi connectivity index (χ3n) is 3.76. The molecule has 0 aliphatic rings. The van der Waals surface area contributed by atoms with Crippen molar-refractivity contribution >= 4 is 17.3 Å². The first-order valence-corrected chi connectivity index (χ1v) is 7.81. The summed E-state index contributed by atoms with van der Waals surface area (Å²) < 4.78 is 10.8. The molecule has 1 amide bonds. The number of benzene rings is 2. The minimum atomic E-state index is -0.716. The van der Waals surface area contributed by atoms with Gasteiger partial charge in [-0.05, 0) is 43.7 Å². The lowest BCUT2D eigenvalue weighted by atomic mass is 10.1. The fraction of sp³-hybridized carbons (Fsp3) is 0.278. The second-order valence-corrected chi connectivity index (χ2v) is 5.39. The van der Waals surface area contributed by atoms with Gasteiger partial charge in [0.2, 0.25) is 0 Å². The van der Waals surface area contributed by atoms with Crippen molar-refractivity contribution in [1.29, 1.82) is 0 Å². The van der Waals surface area contributed by atoms with Crippen molar-refractivity contribution in [2.45, 2.75) is 26.4 Å². The molecule has 0 saturated heterocycles. The van der Waals surface area contributed by atoms with Gasteiger partial charge >= 0.3 is 0 Å². The monoisotopic (exact) mass is 344 g/mol. The maximum atomic E-state index is 12.5. The first kappa shape index (κ1) is 18.3. The molecule has 1 atom stereocenters. The molecule has 1 N–H and O–H groups in total. The van der Waals surface area contributed by atoms with E-state index in [0.717, 1.165) is 0 Å². The van der Waals surface area contributed by atoms with E-state index in [9.17, 15) is 14.9 Å². The number of rotatable bonds is 7. The zero-order valence-electron chi connectivity index (χ0n) is 14.3. The molecule has 7 heteroatoms. The Labute approximate surface area is 145 Å². The van der Waals surface area contributed by atoms with Gasteiger partial charge in [0.05, 0.1) is 23.3 Å². The minimum Gasteiger partial charge on any atom is -0.497 e. The topological polar surface area (TPSA) is 90.7 Å². The number of amides is 1. The van der Waals surface area contributed by atoms with Crippen LogP contribution in [0.15, 0.2) is 42.5 Å². The van der Waals surface area contributed by atoms with Gasteiger partial charge in [-0.1, -0.05) is 13.0 Å². The lowest BCUT2D eigenvalue weighted by Gasteiger charge is -2.18. The summed E-state index contributed by atoms with van der Waals surface area (Å²) >= 11 is 0. The fourth-order valence-corrected chi connectivity index (χ4v) is 2.31. The van der Waals surface area contributed by atoms with Crippen LogP contribution in [0.3, 0.4) is 0 Å². The van der Waals surface area contributed by atoms with E-state index in [2.05, 4.69) is 5.32 Å². The maximum Gasteiger partial charge on any atom is 0.274 e. The highest BCUT2D eigenvalue weighted by molar-refractivity contribution is 5.95. The summed E-state index contributed by atoms with van der Waals surface area (Å²) in [5, 5.41) is 13.7. The third-order valence-corrected chi connectivity index (χ3v) is 3.76. The summed E-state index contributed by atoms with van der Waals surface area (Å²) in [5.74, 6) is 0.873. The van der Waals surface area contributed by atoms with Crippen LogP contribution < -0.4 is 14.8 Å². The van der Waals surface area contributed by atoms with Crippen molar-refractivity contribution in [3.63, 3.8) is 0 Å². The molecule has 0 aliphatic heterocycles. The van der Waals surface area contributed by atoms with Crippen molar-refractivity contribution in [3.8, 4) is 11.5 Å². The summed E-state index contributed by atoms with van der Waals surface area (Å²) in [4.78, 5) is 23.0. The second kappa shape index (κ2) is 8.14. The quantitative estimate of drug-likeness (QED) is 0.611. The molecule has 0 spiro atoms. The molecule has 2 aromatic rings. The number of hydrogen-bond donors (Lipinski definition) is 1. The Balaban J connectivity index is 2.12. The average molecular weight is 344 g/mol. The van der Waals surface area contributed by atoms with Crippen LogP contribution in [-0.4, -0.2) is 24.0 Å². The van der Waals surface area contributed by atoms with Gasteiger partial charge in [0, 0.05) is 6.07 Å². The highest BCUT2D eigenvalue weighted by Crippen LogP contribution is 2.26. The first-order chi connectivity index (χ1) is 12.0. The number of methoxy groups -OCH3 is 1. The molecule has 0 radical (unpaired) electrons. The molecule has 2 aromatic carbocycles. The molecule has 25 heavy (non-hydrogen) atoms. The predicted molar refractivity (Wildman–Crippen MR) is 94.2 cm³/mol. The summed E-state index contributed by atoms with van der Waals surface area (Å²) in [6.07, 6.45) is -0.265. The molecule has 0 bridgehead atoms. The van der Waals surface area contributed by atoms with E-state index < -0.39 is 11.0 Å². The van der Waals surface area contributed by atoms with Crippen LogP contribution >= 0.6 is 0 Å². The summed E-state index contributed by atoms with van der Waals surface area (Å²) in [6, 6.07) is 11.5. The van der Waals surface area contributed by atoms with Gasteiger partial charge in [0.1, 0.15) is 11.5 Å². The lowest BCUT2D eigenvalue weighted by Crippen LogP contribution is -2.32. The molecule has 0 fully saturated rings. The largest absolute Gasteiger partial charge is 0.497 e. The van der Waals surface area contributed by atoms with Crippen molar-refractivity contribution in [3.05, 3.63) is 58.1 Å². The summed E-state index contributed by atoms with van der Waals surface area (Å²) in [6.45, 7) is 3.42. The maximum absolute atomic E-state index is 12.5. The van der Waals surface area contributed by atoms with Crippen molar-refractivity contribution < 1.29 is 19.2 Å². The van der Waals surface area contributed by atoms with Crippen LogP contribution in [-0.2, 0) is 4.79 Å². The molecule has 0 unspecified atom stereocenters. The van der Waals surface area contributed by atoms with Crippen LogP contribution in [0.5, 0.6) is 11.5 Å². The van der Waals surface area contributed by atoms with E-state index in [1.54, 1.807) is 44.4 Å². The highest BCUT2D eigenvalue weighted by atomic mass is 16.6. The molecule has 2 rings (SSSR count). The van der Waals surface area contributed by atoms with E-state index in [-0.39, 0.29) is 11.6 Å². The van der Waals surface area contributed by atoms with E-state index in [0.29, 0.717) is 29.2 Å². The van der Waals surface area contributed by atoms with Crippen LogP contribution in [0, 0.1) is 17.0 Å². The summed E-state index contributed by atoms with van der Waals surface area (Å²) in [5.41, 5.74) is 0.762. The molecular formula is C18H20N2O5. The number of anilines is 1. The molecule has 0 aliphatic carbocycles. The van der Waals surface area contributed by atoms with Gasteiger partial charge in [-0.3, -0.25) is 14.9 Å². The van der Waals surface area contributed by atoms with Gasteiger partial charge in [-0.25, -0.2) is 0 Å². The zero-order chi connectivity index (χ0) is 18.4. The van der Waals surface area contributed by atoms with Gasteiger partial charge < -0.3 is 14.8 Å². The predicted octanol–water partition coefficient (Wildman–Crippen LogP) is 3.71. The number of ether oxygens (including phenoxy) is 2. The Bertz CT molecular complexity index is 759. The number of nitrogens with zero attached hydrogens (tertiary/aromatic N) is 1. The van der Waals surface area contributed by atoms with Crippen molar-refractivity contribution in [2.75, 3.05) is 12.4 Å². The number of hydrogen-bond acceptors (Lipinski definition) is 5. The van der Waals surface area contributed by atoms with Gasteiger partial charge in [-0.15, -0.1) is 0 Å². The van der Waals surface area contributed by atoms with Gasteiger partial charge in [0.15, 0.2) is 6.10 Å². The third kappa shape index (κ3) is 4.47. The number of carbonyl (C=O) groups excluding carboxylic acids is 1. The fourth-order valence-electron chi connectivity index (χ4n) is 2.31. The van der Waals surface area contributed by atoms with Crippen molar-refractivity contribution in [2.24, 2.45) is 0 Å². The van der Waals surface area contributed by atoms with Gasteiger partial charge in [-0.2, -0.15) is 0 Å². The van der Waals surface area contributed by atoms with Crippen molar-refractivity contribution in [1.82, 2.24) is 0 Å². The van der Waals surface area contributed by atoms with Crippen LogP contribution in [0.1, 0.15) is 18.9 Å². The first-order valence-electron chi connectivity index (χ1n) is 7.81. The normalized spacial score (nSPS) is 11.5. The molecule has 0 heterocycles.